The van der Waals surface area contributed by atoms with Crippen molar-refractivity contribution >= 4 is 27.4 Å². The first-order valence-corrected chi connectivity index (χ1v) is 5.46. The molecule has 2 N–H and O–H groups in total. The molecule has 2 aromatic rings. The van der Waals surface area contributed by atoms with Gasteiger partial charge in [-0.2, -0.15) is 0 Å². The fourth-order valence-corrected chi connectivity index (χ4v) is 1.82. The lowest BCUT2D eigenvalue weighted by Crippen LogP contribution is -2.10. The SMILES string of the molecule is Cn1ccnc1C(=O)c1ccc(Br)cc1N. The smallest absolute Gasteiger partial charge is 0.230 e. The van der Waals surface area contributed by atoms with E-state index >= 15 is 0 Å². The van der Waals surface area contributed by atoms with Crippen molar-refractivity contribution in [3.05, 3.63) is 46.5 Å². The van der Waals surface area contributed by atoms with Crippen molar-refractivity contribution in [3.8, 4) is 0 Å². The largest absolute Gasteiger partial charge is 0.398 e. The van der Waals surface area contributed by atoms with Crippen molar-refractivity contribution < 1.29 is 4.79 Å². The molecule has 1 heterocycles. The Kier molecular flexibility index (Phi) is 2.78. The van der Waals surface area contributed by atoms with Gasteiger partial charge in [0, 0.05) is 35.2 Å². The number of nitrogens with zero attached hydrogens (tertiary/aromatic N) is 2. The Bertz CT molecular complexity index is 548. The van der Waals surface area contributed by atoms with E-state index in [1.165, 1.54) is 0 Å². The molecule has 0 unspecified atom stereocenters. The zero-order valence-corrected chi connectivity index (χ0v) is 10.2. The van der Waals surface area contributed by atoms with Crippen LogP contribution in [0.2, 0.25) is 0 Å². The molecule has 0 saturated carbocycles. The van der Waals surface area contributed by atoms with E-state index in [0.717, 1.165) is 4.47 Å². The number of ketones is 1. The summed E-state index contributed by atoms with van der Waals surface area (Å²) in [5.74, 6) is 0.214. The van der Waals surface area contributed by atoms with Crippen LogP contribution in [-0.4, -0.2) is 15.3 Å². The second-order valence-electron chi connectivity index (χ2n) is 3.42. The summed E-state index contributed by atoms with van der Waals surface area (Å²) in [6.45, 7) is 0. The van der Waals surface area contributed by atoms with Crippen LogP contribution >= 0.6 is 15.9 Å². The van der Waals surface area contributed by atoms with Gasteiger partial charge >= 0.3 is 0 Å². The second kappa shape index (κ2) is 4.09. The Morgan fingerprint density at radius 2 is 2.25 bits per heavy atom. The van der Waals surface area contributed by atoms with Crippen LogP contribution < -0.4 is 5.73 Å². The molecule has 1 aromatic carbocycles. The quantitative estimate of drug-likeness (QED) is 0.676. The number of carbonyl (C=O) groups excluding carboxylic acids is 1. The normalized spacial score (nSPS) is 10.4. The average Bonchev–Trinajstić information content (AvgIpc) is 2.63. The van der Waals surface area contributed by atoms with E-state index in [4.69, 9.17) is 5.73 Å². The lowest BCUT2D eigenvalue weighted by Gasteiger charge is -2.05. The number of aryl methyl sites for hydroxylation is 1. The van der Waals surface area contributed by atoms with Gasteiger partial charge in [-0.25, -0.2) is 4.98 Å². The molecule has 2 rings (SSSR count). The fraction of sp³-hybridized carbons (Fsp3) is 0.0909. The highest BCUT2D eigenvalue weighted by Gasteiger charge is 2.16. The molecule has 0 radical (unpaired) electrons. The molecule has 0 bridgehead atoms. The Labute approximate surface area is 101 Å². The van der Waals surface area contributed by atoms with Crippen LogP contribution in [0.5, 0.6) is 0 Å². The molecule has 0 aliphatic heterocycles. The summed E-state index contributed by atoms with van der Waals surface area (Å²) < 4.78 is 2.52. The first kappa shape index (κ1) is 10.9. The second-order valence-corrected chi connectivity index (χ2v) is 4.34. The molecule has 0 aliphatic carbocycles. The first-order valence-electron chi connectivity index (χ1n) is 4.66. The van der Waals surface area contributed by atoms with Gasteiger partial charge in [-0.1, -0.05) is 15.9 Å². The van der Waals surface area contributed by atoms with Crippen LogP contribution in [0.25, 0.3) is 0 Å². The number of imidazole rings is 1. The number of hydrogen-bond acceptors (Lipinski definition) is 3. The number of nitrogen functional groups attached to an aromatic ring is 1. The summed E-state index contributed by atoms with van der Waals surface area (Å²) in [6.07, 6.45) is 3.31. The molecule has 0 saturated heterocycles. The Morgan fingerprint density at radius 1 is 1.50 bits per heavy atom. The van der Waals surface area contributed by atoms with Gasteiger partial charge in [0.1, 0.15) is 0 Å². The maximum Gasteiger partial charge on any atom is 0.230 e. The average molecular weight is 280 g/mol. The number of benzene rings is 1. The van der Waals surface area contributed by atoms with Crippen molar-refractivity contribution in [3.63, 3.8) is 0 Å². The summed E-state index contributed by atoms with van der Waals surface area (Å²) in [6, 6.07) is 5.18. The molecule has 0 spiro atoms. The summed E-state index contributed by atoms with van der Waals surface area (Å²) in [4.78, 5) is 16.1. The highest BCUT2D eigenvalue weighted by atomic mass is 79.9. The minimum atomic E-state index is -0.169. The highest BCUT2D eigenvalue weighted by Crippen LogP contribution is 2.20. The van der Waals surface area contributed by atoms with Gasteiger partial charge in [0.25, 0.3) is 0 Å². The van der Waals surface area contributed by atoms with Crippen LogP contribution in [0.1, 0.15) is 16.2 Å². The van der Waals surface area contributed by atoms with Crippen molar-refractivity contribution in [1.82, 2.24) is 9.55 Å². The molecule has 4 nitrogen and oxygen atoms in total. The molecular formula is C11H10BrN3O. The number of rotatable bonds is 2. The number of halogens is 1. The van der Waals surface area contributed by atoms with Crippen LogP contribution in [0.4, 0.5) is 5.69 Å². The minimum absolute atomic E-state index is 0.169. The van der Waals surface area contributed by atoms with Crippen molar-refractivity contribution in [1.29, 1.82) is 0 Å². The first-order chi connectivity index (χ1) is 7.59. The van der Waals surface area contributed by atoms with Gasteiger partial charge in [0.05, 0.1) is 0 Å². The van der Waals surface area contributed by atoms with E-state index in [2.05, 4.69) is 20.9 Å². The predicted molar refractivity (Wildman–Crippen MR) is 65.2 cm³/mol. The molecule has 0 amide bonds. The molecule has 0 fully saturated rings. The summed E-state index contributed by atoms with van der Waals surface area (Å²) in [7, 11) is 1.77. The zero-order valence-electron chi connectivity index (χ0n) is 8.64. The van der Waals surface area contributed by atoms with E-state index in [0.29, 0.717) is 17.1 Å². The lowest BCUT2D eigenvalue weighted by atomic mass is 10.1. The predicted octanol–water partition coefficient (Wildman–Crippen LogP) is 2.00. The van der Waals surface area contributed by atoms with Gasteiger partial charge in [0.15, 0.2) is 5.82 Å². The number of hydrogen-bond donors (Lipinski definition) is 1. The van der Waals surface area contributed by atoms with Crippen LogP contribution in [0.15, 0.2) is 35.1 Å². The number of nitrogens with two attached hydrogens (primary N) is 1. The van der Waals surface area contributed by atoms with Crippen molar-refractivity contribution in [2.24, 2.45) is 7.05 Å². The van der Waals surface area contributed by atoms with E-state index in [1.807, 2.05) is 0 Å². The third-order valence-corrected chi connectivity index (χ3v) is 2.78. The van der Waals surface area contributed by atoms with Gasteiger partial charge in [-0.15, -0.1) is 0 Å². The topological polar surface area (TPSA) is 60.9 Å². The van der Waals surface area contributed by atoms with Gasteiger partial charge < -0.3 is 10.3 Å². The Balaban J connectivity index is 2.46. The van der Waals surface area contributed by atoms with Gasteiger partial charge in [0.2, 0.25) is 5.78 Å². The van der Waals surface area contributed by atoms with E-state index < -0.39 is 0 Å². The highest BCUT2D eigenvalue weighted by molar-refractivity contribution is 9.10. The van der Waals surface area contributed by atoms with Gasteiger partial charge in [-0.3, -0.25) is 4.79 Å². The molecule has 16 heavy (non-hydrogen) atoms. The third-order valence-electron chi connectivity index (χ3n) is 2.28. The molecule has 0 atom stereocenters. The summed E-state index contributed by atoms with van der Waals surface area (Å²) in [5, 5.41) is 0. The minimum Gasteiger partial charge on any atom is -0.398 e. The Hall–Kier alpha value is -1.62. The molecule has 5 heteroatoms. The molecule has 1 aromatic heterocycles. The molecule has 0 aliphatic rings. The summed E-state index contributed by atoms with van der Waals surface area (Å²) in [5.41, 5.74) is 6.71. The fourth-order valence-electron chi connectivity index (χ4n) is 1.45. The Morgan fingerprint density at radius 3 is 2.81 bits per heavy atom. The van der Waals surface area contributed by atoms with E-state index in [9.17, 15) is 4.79 Å². The van der Waals surface area contributed by atoms with Crippen molar-refractivity contribution in [2.45, 2.75) is 0 Å². The third kappa shape index (κ3) is 1.86. The van der Waals surface area contributed by atoms with E-state index in [-0.39, 0.29) is 5.78 Å². The van der Waals surface area contributed by atoms with Crippen molar-refractivity contribution in [2.75, 3.05) is 5.73 Å². The number of aromatic nitrogens is 2. The number of carbonyl (C=O) groups is 1. The van der Waals surface area contributed by atoms with Gasteiger partial charge in [-0.05, 0) is 18.2 Å². The zero-order chi connectivity index (χ0) is 11.7. The lowest BCUT2D eigenvalue weighted by molar-refractivity contribution is 0.102. The molecular weight excluding hydrogens is 270 g/mol. The maximum atomic E-state index is 12.1. The van der Waals surface area contributed by atoms with Crippen LogP contribution in [-0.2, 0) is 7.05 Å². The van der Waals surface area contributed by atoms with Crippen LogP contribution in [0, 0.1) is 0 Å². The van der Waals surface area contributed by atoms with E-state index in [1.54, 1.807) is 42.2 Å². The monoisotopic (exact) mass is 279 g/mol. The molecule has 82 valence electrons. The standard InChI is InChI=1S/C11H10BrN3O/c1-15-5-4-14-11(15)10(16)8-3-2-7(12)6-9(8)13/h2-6H,13H2,1H3. The van der Waals surface area contributed by atoms with Crippen LogP contribution in [0.3, 0.4) is 0 Å². The summed E-state index contributed by atoms with van der Waals surface area (Å²) >= 11 is 3.30. The number of anilines is 1. The maximum absolute atomic E-state index is 12.1.